The van der Waals surface area contributed by atoms with Crippen molar-refractivity contribution in [3.63, 3.8) is 0 Å². The highest BCUT2D eigenvalue weighted by Crippen LogP contribution is 2.69. The van der Waals surface area contributed by atoms with Gasteiger partial charge in [-0.05, 0) is 39.8 Å². The van der Waals surface area contributed by atoms with Crippen molar-refractivity contribution in [2.75, 3.05) is 14.2 Å². The first-order valence-corrected chi connectivity index (χ1v) is 14.5. The molecule has 0 aromatic heterocycles. The van der Waals surface area contributed by atoms with Crippen LogP contribution in [-0.4, -0.2) is 26.2 Å². The number of allylic oxidation sites excluding steroid dienone is 6. The Hall–Kier alpha value is -4.96. The van der Waals surface area contributed by atoms with Crippen LogP contribution in [0.1, 0.15) is 34.6 Å². The van der Waals surface area contributed by atoms with E-state index in [1.165, 1.54) is 14.2 Å². The minimum absolute atomic E-state index is 0.102. The average molecular weight is 567 g/mol. The molecule has 2 atom stereocenters. The highest BCUT2D eigenvalue weighted by atomic mass is 16.5. The summed E-state index contributed by atoms with van der Waals surface area (Å²) in [6, 6.07) is 36.8. The second-order valence-electron chi connectivity index (χ2n) is 11.1. The first-order chi connectivity index (χ1) is 21.0. The van der Waals surface area contributed by atoms with Crippen LogP contribution in [0.2, 0.25) is 0 Å². The number of ether oxygens (including phenoxy) is 2. The van der Waals surface area contributed by atoms with Gasteiger partial charge in [-0.25, -0.2) is 0 Å². The summed E-state index contributed by atoms with van der Waals surface area (Å²) in [4.78, 5) is 26.5. The van der Waals surface area contributed by atoms with Crippen LogP contribution in [0.15, 0.2) is 146 Å². The van der Waals surface area contributed by atoms with E-state index >= 15 is 0 Å². The highest BCUT2D eigenvalue weighted by Gasteiger charge is 2.74. The van der Waals surface area contributed by atoms with E-state index in [1.807, 2.05) is 97.1 Å². The summed E-state index contributed by atoms with van der Waals surface area (Å²) in [6.45, 7) is 0. The number of hydrogen-bond acceptors (Lipinski definition) is 4. The molecule has 43 heavy (non-hydrogen) atoms. The Labute approximate surface area is 253 Å². The lowest BCUT2D eigenvalue weighted by molar-refractivity contribution is -0.144. The first kappa shape index (κ1) is 28.2. The van der Waals surface area contributed by atoms with Gasteiger partial charge in [0.15, 0.2) is 0 Å². The molecule has 0 N–H and O–H groups in total. The van der Waals surface area contributed by atoms with E-state index < -0.39 is 16.7 Å². The standard InChI is InChI=1S/C39H34O4/c1-42-36(40)35(30-13-7-3-4-8-14-30)31-21-19-28(20-22-31)29-23-25-34(26-24-29)39(37(41)43-2)27-38(39,32-15-9-5-10-16-32)33-17-11-6-12-18-33/h3-26,30,35H,27H2,1-2H3/t35-,39-/m1/s1. The van der Waals surface area contributed by atoms with Gasteiger partial charge in [-0.2, -0.15) is 0 Å². The third-order valence-electron chi connectivity index (χ3n) is 9.02. The molecule has 6 rings (SSSR count). The fourth-order valence-electron chi connectivity index (χ4n) is 6.82. The molecule has 1 saturated carbocycles. The number of carbonyl (C=O) groups is 2. The fraction of sp³-hybridized carbons (Fsp3) is 0.179. The Kier molecular flexibility index (Phi) is 7.69. The van der Waals surface area contributed by atoms with Crippen molar-refractivity contribution in [1.82, 2.24) is 0 Å². The van der Waals surface area contributed by atoms with Gasteiger partial charge in [-0.1, -0.05) is 146 Å². The molecule has 4 aromatic carbocycles. The van der Waals surface area contributed by atoms with Crippen molar-refractivity contribution in [1.29, 1.82) is 0 Å². The Morgan fingerprint density at radius 2 is 1.14 bits per heavy atom. The van der Waals surface area contributed by atoms with Crippen LogP contribution in [-0.2, 0) is 29.9 Å². The van der Waals surface area contributed by atoms with Gasteiger partial charge in [0.1, 0.15) is 5.41 Å². The predicted molar refractivity (Wildman–Crippen MR) is 170 cm³/mol. The van der Waals surface area contributed by atoms with Crippen molar-refractivity contribution in [3.8, 4) is 11.1 Å². The molecule has 0 heterocycles. The van der Waals surface area contributed by atoms with E-state index in [0.717, 1.165) is 33.4 Å². The van der Waals surface area contributed by atoms with Gasteiger partial charge in [0.25, 0.3) is 0 Å². The maximum atomic E-state index is 13.7. The van der Waals surface area contributed by atoms with E-state index in [4.69, 9.17) is 9.47 Å². The molecule has 4 aromatic rings. The maximum absolute atomic E-state index is 13.7. The summed E-state index contributed by atoms with van der Waals surface area (Å²) < 4.78 is 10.6. The topological polar surface area (TPSA) is 52.6 Å². The van der Waals surface area contributed by atoms with Gasteiger partial charge in [-0.3, -0.25) is 9.59 Å². The van der Waals surface area contributed by atoms with Crippen LogP contribution < -0.4 is 0 Å². The number of methoxy groups -OCH3 is 2. The molecule has 0 spiro atoms. The van der Waals surface area contributed by atoms with Crippen molar-refractivity contribution in [2.24, 2.45) is 5.92 Å². The SMILES string of the molecule is COC(=O)[C@@H](c1ccc(-c2ccc([C@@]3(C(=O)OC)CC3(c3ccccc3)c3ccccc3)cc2)cc1)C1C=CC=CC=C1. The number of hydrogen-bond donors (Lipinski definition) is 0. The van der Waals surface area contributed by atoms with Crippen LogP contribution in [0, 0.1) is 5.92 Å². The molecular weight excluding hydrogens is 532 g/mol. The molecule has 0 bridgehead atoms. The van der Waals surface area contributed by atoms with Gasteiger partial charge < -0.3 is 9.47 Å². The average Bonchev–Trinajstić information content (AvgIpc) is 3.84. The van der Waals surface area contributed by atoms with Gasteiger partial charge in [0, 0.05) is 11.3 Å². The lowest BCUT2D eigenvalue weighted by Gasteiger charge is -2.26. The molecule has 2 aliphatic carbocycles. The van der Waals surface area contributed by atoms with Crippen LogP contribution in [0.3, 0.4) is 0 Å². The number of benzene rings is 4. The minimum atomic E-state index is -0.838. The molecule has 0 unspecified atom stereocenters. The minimum Gasteiger partial charge on any atom is -0.469 e. The zero-order chi connectivity index (χ0) is 29.9. The Bertz CT molecular complexity index is 1630. The third-order valence-corrected chi connectivity index (χ3v) is 9.02. The highest BCUT2D eigenvalue weighted by molar-refractivity contribution is 5.93. The summed E-state index contributed by atoms with van der Waals surface area (Å²) in [5.41, 5.74) is 4.70. The van der Waals surface area contributed by atoms with Crippen molar-refractivity contribution < 1.29 is 19.1 Å². The molecule has 2 aliphatic rings. The van der Waals surface area contributed by atoms with Gasteiger partial charge in [-0.15, -0.1) is 0 Å². The molecule has 4 heteroatoms. The second-order valence-corrected chi connectivity index (χ2v) is 11.1. The zero-order valence-corrected chi connectivity index (χ0v) is 24.4. The molecule has 1 fully saturated rings. The van der Waals surface area contributed by atoms with E-state index in [2.05, 4.69) is 48.5 Å². The maximum Gasteiger partial charge on any atom is 0.317 e. The lowest BCUT2D eigenvalue weighted by atomic mass is 9.77. The molecule has 0 saturated heterocycles. The third kappa shape index (κ3) is 4.83. The first-order valence-electron chi connectivity index (χ1n) is 14.5. The van der Waals surface area contributed by atoms with Gasteiger partial charge >= 0.3 is 11.9 Å². The largest absolute Gasteiger partial charge is 0.469 e. The van der Waals surface area contributed by atoms with Crippen LogP contribution in [0.25, 0.3) is 11.1 Å². The van der Waals surface area contributed by atoms with E-state index in [1.54, 1.807) is 0 Å². The molecule has 0 radical (unpaired) electrons. The summed E-state index contributed by atoms with van der Waals surface area (Å²) in [7, 11) is 2.90. The molecule has 214 valence electrons. The van der Waals surface area contributed by atoms with Crippen LogP contribution >= 0.6 is 0 Å². The summed E-state index contributed by atoms with van der Waals surface area (Å²) >= 11 is 0. The number of rotatable bonds is 8. The fourth-order valence-corrected chi connectivity index (χ4v) is 6.82. The molecule has 0 amide bonds. The Morgan fingerprint density at radius 3 is 1.63 bits per heavy atom. The number of carbonyl (C=O) groups excluding carboxylic acids is 2. The number of esters is 2. The smallest absolute Gasteiger partial charge is 0.317 e. The van der Waals surface area contributed by atoms with Crippen molar-refractivity contribution >= 4 is 11.9 Å². The van der Waals surface area contributed by atoms with E-state index in [-0.39, 0.29) is 17.9 Å². The second kappa shape index (κ2) is 11.7. The molecule has 0 aliphatic heterocycles. The van der Waals surface area contributed by atoms with E-state index in [9.17, 15) is 9.59 Å². The van der Waals surface area contributed by atoms with Gasteiger partial charge in [0.05, 0.1) is 20.1 Å². The van der Waals surface area contributed by atoms with Crippen LogP contribution in [0.5, 0.6) is 0 Å². The monoisotopic (exact) mass is 566 g/mol. The Balaban J connectivity index is 1.34. The summed E-state index contributed by atoms with van der Waals surface area (Å²) in [6.07, 6.45) is 12.5. The molecular formula is C39H34O4. The normalized spacial score (nSPS) is 19.3. The van der Waals surface area contributed by atoms with Gasteiger partial charge in [0.2, 0.25) is 0 Å². The predicted octanol–water partition coefficient (Wildman–Crippen LogP) is 7.71. The van der Waals surface area contributed by atoms with Crippen LogP contribution in [0.4, 0.5) is 0 Å². The summed E-state index contributed by atoms with van der Waals surface area (Å²) in [5, 5.41) is 0. The van der Waals surface area contributed by atoms with Crippen molar-refractivity contribution in [3.05, 3.63) is 168 Å². The quantitative estimate of drug-likeness (QED) is 0.205. The Morgan fingerprint density at radius 1 is 0.628 bits per heavy atom. The van der Waals surface area contributed by atoms with Crippen molar-refractivity contribution in [2.45, 2.75) is 23.2 Å². The lowest BCUT2D eigenvalue weighted by Crippen LogP contribution is -2.32. The molecule has 4 nitrogen and oxygen atoms in total. The zero-order valence-electron chi connectivity index (χ0n) is 24.4. The summed E-state index contributed by atoms with van der Waals surface area (Å²) in [5.74, 6) is -1.04. The van der Waals surface area contributed by atoms with E-state index in [0.29, 0.717) is 6.42 Å².